The summed E-state index contributed by atoms with van der Waals surface area (Å²) < 4.78 is 16.3. The van der Waals surface area contributed by atoms with Gasteiger partial charge in [-0.2, -0.15) is 0 Å². The molecule has 0 saturated carbocycles. The summed E-state index contributed by atoms with van der Waals surface area (Å²) in [4.78, 5) is 30.2. The van der Waals surface area contributed by atoms with Gasteiger partial charge in [0.1, 0.15) is 23.0 Å². The number of aliphatic hydroxyl groups is 1. The molecule has 1 atom stereocenters. The molecule has 4 rings (SSSR count). The zero-order valence-corrected chi connectivity index (χ0v) is 21.5. The molecule has 1 aliphatic heterocycles. The number of nitrogens with zero attached hydrogens (tertiary/aromatic N) is 2. The van der Waals surface area contributed by atoms with Crippen molar-refractivity contribution in [1.82, 2.24) is 0 Å². The number of Topliss-reactive ketones (excluding diaryl/α,β-unsaturated/α-hetero) is 1. The van der Waals surface area contributed by atoms with Crippen LogP contribution in [-0.2, 0) is 9.59 Å². The van der Waals surface area contributed by atoms with Crippen LogP contribution in [0.15, 0.2) is 72.3 Å². The van der Waals surface area contributed by atoms with Crippen LogP contribution in [-0.4, -0.2) is 51.7 Å². The first kappa shape index (κ1) is 25.6. The summed E-state index contributed by atoms with van der Waals surface area (Å²) in [6.45, 7) is 2.40. The number of rotatable bonds is 8. The van der Waals surface area contributed by atoms with Crippen LogP contribution < -0.4 is 24.0 Å². The van der Waals surface area contributed by atoms with E-state index in [1.54, 1.807) is 54.6 Å². The largest absolute Gasteiger partial charge is 0.507 e. The van der Waals surface area contributed by atoms with E-state index in [0.29, 0.717) is 35.1 Å². The fourth-order valence-electron chi connectivity index (χ4n) is 4.38. The minimum atomic E-state index is -0.868. The maximum atomic E-state index is 13.4. The van der Waals surface area contributed by atoms with Gasteiger partial charge >= 0.3 is 0 Å². The minimum Gasteiger partial charge on any atom is -0.507 e. The summed E-state index contributed by atoms with van der Waals surface area (Å²) in [5.41, 5.74) is 2.37. The van der Waals surface area contributed by atoms with Gasteiger partial charge in [-0.15, -0.1) is 0 Å². The summed E-state index contributed by atoms with van der Waals surface area (Å²) in [6.07, 6.45) is 0. The van der Waals surface area contributed by atoms with Crippen LogP contribution >= 0.6 is 0 Å². The van der Waals surface area contributed by atoms with Crippen LogP contribution in [0.1, 0.15) is 24.1 Å². The summed E-state index contributed by atoms with van der Waals surface area (Å²) in [6, 6.07) is 18.5. The Morgan fingerprint density at radius 3 is 2.14 bits per heavy atom. The number of aliphatic hydroxyl groups excluding tert-OH is 1. The highest BCUT2D eigenvalue weighted by molar-refractivity contribution is 6.51. The van der Waals surface area contributed by atoms with Gasteiger partial charge in [0.15, 0.2) is 0 Å². The van der Waals surface area contributed by atoms with E-state index in [1.165, 1.54) is 19.1 Å². The lowest BCUT2D eigenvalue weighted by Crippen LogP contribution is -2.29. The maximum absolute atomic E-state index is 13.4. The molecule has 1 fully saturated rings. The standard InChI is InChI=1S/C29H30N2O6/c1-6-37-21-13-7-18(8-14-21)26-25(27(32)23-16-15-22(35-4)17-24(23)36-5)28(33)29(34)31(26)20-11-9-19(10-12-20)30(2)3/h7-17,26,32H,6H2,1-5H3/b27-25-. The Kier molecular flexibility index (Phi) is 7.38. The van der Waals surface area contributed by atoms with E-state index in [-0.39, 0.29) is 16.9 Å². The van der Waals surface area contributed by atoms with Crippen molar-refractivity contribution in [1.29, 1.82) is 0 Å². The molecule has 0 aliphatic carbocycles. The highest BCUT2D eigenvalue weighted by Gasteiger charge is 2.47. The van der Waals surface area contributed by atoms with Gasteiger partial charge in [-0.1, -0.05) is 12.1 Å². The zero-order chi connectivity index (χ0) is 26.7. The van der Waals surface area contributed by atoms with Crippen molar-refractivity contribution in [3.8, 4) is 17.2 Å². The quantitative estimate of drug-likeness (QED) is 0.269. The number of anilines is 2. The Labute approximate surface area is 216 Å². The predicted octanol–water partition coefficient (Wildman–Crippen LogP) is 4.79. The van der Waals surface area contributed by atoms with Gasteiger partial charge in [-0.05, 0) is 61.0 Å². The van der Waals surface area contributed by atoms with Gasteiger partial charge in [-0.25, -0.2) is 0 Å². The Morgan fingerprint density at radius 1 is 0.919 bits per heavy atom. The fourth-order valence-corrected chi connectivity index (χ4v) is 4.38. The minimum absolute atomic E-state index is 0.0330. The molecule has 0 bridgehead atoms. The lowest BCUT2D eigenvalue weighted by Gasteiger charge is -2.26. The SMILES string of the molecule is CCOc1ccc(C2/C(=C(/O)c3ccc(OC)cc3OC)C(=O)C(=O)N2c2ccc(N(C)C)cc2)cc1. The molecule has 3 aromatic carbocycles. The zero-order valence-electron chi connectivity index (χ0n) is 21.5. The highest BCUT2D eigenvalue weighted by Crippen LogP contribution is 2.44. The lowest BCUT2D eigenvalue weighted by atomic mass is 9.94. The highest BCUT2D eigenvalue weighted by atomic mass is 16.5. The van der Waals surface area contributed by atoms with E-state index in [9.17, 15) is 14.7 Å². The molecule has 8 nitrogen and oxygen atoms in total. The average molecular weight is 503 g/mol. The number of methoxy groups -OCH3 is 2. The van der Waals surface area contributed by atoms with Crippen molar-refractivity contribution in [3.63, 3.8) is 0 Å². The van der Waals surface area contributed by atoms with E-state index < -0.39 is 17.7 Å². The number of carbonyl (C=O) groups is 2. The normalized spacial score (nSPS) is 16.6. The Bertz CT molecular complexity index is 1330. The number of amides is 1. The molecule has 37 heavy (non-hydrogen) atoms. The number of hydrogen-bond donors (Lipinski definition) is 1. The second-order valence-corrected chi connectivity index (χ2v) is 8.65. The van der Waals surface area contributed by atoms with Gasteiger partial charge in [0, 0.05) is 31.5 Å². The topological polar surface area (TPSA) is 88.5 Å². The van der Waals surface area contributed by atoms with E-state index in [1.807, 2.05) is 38.1 Å². The van der Waals surface area contributed by atoms with E-state index in [2.05, 4.69) is 0 Å². The second kappa shape index (κ2) is 10.7. The fraction of sp³-hybridized carbons (Fsp3) is 0.241. The summed E-state index contributed by atoms with van der Waals surface area (Å²) in [5, 5.41) is 11.5. The molecule has 192 valence electrons. The van der Waals surface area contributed by atoms with Crippen LogP contribution in [0.2, 0.25) is 0 Å². The van der Waals surface area contributed by atoms with Crippen molar-refractivity contribution in [2.45, 2.75) is 13.0 Å². The third-order valence-electron chi connectivity index (χ3n) is 6.26. The van der Waals surface area contributed by atoms with Crippen molar-refractivity contribution in [3.05, 3.63) is 83.4 Å². The Hall–Kier alpha value is -4.46. The smallest absolute Gasteiger partial charge is 0.300 e. The van der Waals surface area contributed by atoms with Crippen molar-refractivity contribution in [2.24, 2.45) is 0 Å². The number of hydrogen-bond acceptors (Lipinski definition) is 7. The average Bonchev–Trinajstić information content (AvgIpc) is 3.18. The predicted molar refractivity (Wildman–Crippen MR) is 143 cm³/mol. The molecular formula is C29H30N2O6. The molecule has 3 aromatic rings. The van der Waals surface area contributed by atoms with E-state index in [4.69, 9.17) is 14.2 Å². The molecule has 1 N–H and O–H groups in total. The molecule has 1 saturated heterocycles. The van der Waals surface area contributed by atoms with Gasteiger partial charge in [0.25, 0.3) is 11.7 Å². The summed E-state index contributed by atoms with van der Waals surface area (Å²) in [5.74, 6) is -0.349. The van der Waals surface area contributed by atoms with E-state index >= 15 is 0 Å². The monoisotopic (exact) mass is 502 g/mol. The Balaban J connectivity index is 1.91. The number of ether oxygens (including phenoxy) is 3. The van der Waals surface area contributed by atoms with Crippen LogP contribution in [0, 0.1) is 0 Å². The molecule has 0 radical (unpaired) electrons. The Morgan fingerprint density at radius 2 is 1.57 bits per heavy atom. The molecule has 0 aromatic heterocycles. The molecular weight excluding hydrogens is 472 g/mol. The van der Waals surface area contributed by atoms with E-state index in [0.717, 1.165) is 5.69 Å². The number of carbonyl (C=O) groups excluding carboxylic acids is 2. The summed E-state index contributed by atoms with van der Waals surface area (Å²) >= 11 is 0. The third-order valence-corrected chi connectivity index (χ3v) is 6.26. The van der Waals surface area contributed by atoms with Crippen molar-refractivity contribution < 1.29 is 28.9 Å². The first-order chi connectivity index (χ1) is 17.8. The number of benzene rings is 3. The first-order valence-corrected chi connectivity index (χ1v) is 11.8. The first-order valence-electron chi connectivity index (χ1n) is 11.8. The van der Waals surface area contributed by atoms with Crippen molar-refractivity contribution >= 4 is 28.8 Å². The van der Waals surface area contributed by atoms with Crippen LogP contribution in [0.25, 0.3) is 5.76 Å². The number of ketones is 1. The van der Waals surface area contributed by atoms with Crippen LogP contribution in [0.3, 0.4) is 0 Å². The molecule has 1 heterocycles. The summed E-state index contributed by atoms with van der Waals surface area (Å²) in [7, 11) is 6.82. The second-order valence-electron chi connectivity index (χ2n) is 8.65. The third kappa shape index (κ3) is 4.82. The van der Waals surface area contributed by atoms with Gasteiger partial charge in [-0.3, -0.25) is 14.5 Å². The molecule has 1 aliphatic rings. The maximum Gasteiger partial charge on any atom is 0.300 e. The van der Waals surface area contributed by atoms with Crippen LogP contribution in [0.5, 0.6) is 17.2 Å². The molecule has 0 spiro atoms. The lowest BCUT2D eigenvalue weighted by molar-refractivity contribution is -0.132. The van der Waals surface area contributed by atoms with Crippen molar-refractivity contribution in [2.75, 3.05) is 44.7 Å². The van der Waals surface area contributed by atoms with Gasteiger partial charge in [0.05, 0.1) is 38.0 Å². The van der Waals surface area contributed by atoms with Crippen LogP contribution in [0.4, 0.5) is 11.4 Å². The van der Waals surface area contributed by atoms with Gasteiger partial charge < -0.3 is 24.2 Å². The molecule has 1 unspecified atom stereocenters. The molecule has 8 heteroatoms. The van der Waals surface area contributed by atoms with Gasteiger partial charge in [0.2, 0.25) is 0 Å². The molecule has 1 amide bonds.